The summed E-state index contributed by atoms with van der Waals surface area (Å²) in [5, 5.41) is 2.26. The number of nitrogens with one attached hydrogen (secondary N) is 1. The summed E-state index contributed by atoms with van der Waals surface area (Å²) in [7, 11) is 0. The summed E-state index contributed by atoms with van der Waals surface area (Å²) in [5.41, 5.74) is 5.76. The largest absolute Gasteiger partial charge is 0.484 e. The highest BCUT2D eigenvalue weighted by Crippen LogP contribution is 2.21. The number of amides is 1. The van der Waals surface area contributed by atoms with Gasteiger partial charge in [0, 0.05) is 11.8 Å². The van der Waals surface area contributed by atoms with E-state index in [2.05, 4.69) is 5.32 Å². The first-order valence-electron chi connectivity index (χ1n) is 5.88. The van der Waals surface area contributed by atoms with Crippen LogP contribution in [0.1, 0.15) is 0 Å². The summed E-state index contributed by atoms with van der Waals surface area (Å²) >= 11 is 5.52. The van der Waals surface area contributed by atoms with Crippen LogP contribution >= 0.6 is 11.6 Å². The lowest BCUT2D eigenvalue weighted by Gasteiger charge is -2.09. The van der Waals surface area contributed by atoms with Crippen molar-refractivity contribution >= 4 is 28.9 Å². The van der Waals surface area contributed by atoms with Gasteiger partial charge in [0.2, 0.25) is 0 Å². The van der Waals surface area contributed by atoms with Crippen LogP contribution in [0.3, 0.4) is 0 Å². The maximum atomic E-state index is 13.4. The number of hydrogen-bond donors (Lipinski definition) is 2. The molecule has 0 radical (unpaired) electrons. The number of ether oxygens (including phenoxy) is 1. The molecule has 7 heteroatoms. The number of rotatable bonds is 4. The number of carbonyl (C=O) groups is 1. The van der Waals surface area contributed by atoms with Crippen molar-refractivity contribution in [2.75, 3.05) is 17.7 Å². The average Bonchev–Trinajstić information content (AvgIpc) is 2.44. The normalized spacial score (nSPS) is 10.2. The van der Waals surface area contributed by atoms with Gasteiger partial charge in [-0.05, 0) is 30.3 Å². The highest BCUT2D eigenvalue weighted by molar-refractivity contribution is 6.30. The molecule has 0 saturated carbocycles. The molecule has 21 heavy (non-hydrogen) atoms. The first-order chi connectivity index (χ1) is 9.95. The molecule has 0 bridgehead atoms. The molecule has 0 heterocycles. The number of nitrogen functional groups attached to an aromatic ring is 1. The summed E-state index contributed by atoms with van der Waals surface area (Å²) in [6, 6.07) is 7.58. The molecule has 2 rings (SSSR count). The van der Waals surface area contributed by atoms with E-state index in [-0.39, 0.29) is 16.5 Å². The molecule has 0 aliphatic carbocycles. The van der Waals surface area contributed by atoms with Crippen molar-refractivity contribution in [3.05, 3.63) is 53.1 Å². The minimum atomic E-state index is -0.656. The highest BCUT2D eigenvalue weighted by Gasteiger charge is 2.09. The number of anilines is 2. The van der Waals surface area contributed by atoms with Gasteiger partial charge >= 0.3 is 0 Å². The minimum absolute atomic E-state index is 0.0476. The Bertz CT molecular complexity index is 680. The van der Waals surface area contributed by atoms with E-state index < -0.39 is 24.1 Å². The molecule has 0 spiro atoms. The third kappa shape index (κ3) is 4.06. The smallest absolute Gasteiger partial charge is 0.262 e. The molecule has 2 aromatic carbocycles. The van der Waals surface area contributed by atoms with E-state index in [1.54, 1.807) is 0 Å². The predicted octanol–water partition coefficient (Wildman–Crippen LogP) is 3.22. The van der Waals surface area contributed by atoms with Gasteiger partial charge < -0.3 is 15.8 Å². The van der Waals surface area contributed by atoms with Gasteiger partial charge in [-0.1, -0.05) is 11.6 Å². The van der Waals surface area contributed by atoms with Crippen molar-refractivity contribution in [3.63, 3.8) is 0 Å². The molecular weight excluding hydrogens is 302 g/mol. The second kappa shape index (κ2) is 6.41. The third-order valence-electron chi connectivity index (χ3n) is 2.53. The standard InChI is InChI=1S/C14H11ClF2N2O2/c15-10-3-2-9(6-12(10)17)21-7-14(20)19-13-5-8(18)1-4-11(13)16/h1-6H,7,18H2,(H,19,20). The van der Waals surface area contributed by atoms with Gasteiger partial charge in [0.15, 0.2) is 6.61 Å². The van der Waals surface area contributed by atoms with Crippen LogP contribution < -0.4 is 15.8 Å². The van der Waals surface area contributed by atoms with Crippen molar-refractivity contribution in [2.24, 2.45) is 0 Å². The van der Waals surface area contributed by atoms with E-state index in [1.165, 1.54) is 24.3 Å². The van der Waals surface area contributed by atoms with Gasteiger partial charge in [0.05, 0.1) is 10.7 Å². The highest BCUT2D eigenvalue weighted by atomic mass is 35.5. The molecule has 0 fully saturated rings. The molecule has 1 amide bonds. The zero-order valence-corrected chi connectivity index (χ0v) is 11.5. The number of halogens is 3. The van der Waals surface area contributed by atoms with Crippen LogP contribution in [0.5, 0.6) is 5.75 Å². The molecule has 4 nitrogen and oxygen atoms in total. The number of nitrogens with two attached hydrogens (primary N) is 1. The number of benzene rings is 2. The Hall–Kier alpha value is -2.34. The molecule has 110 valence electrons. The molecule has 3 N–H and O–H groups in total. The maximum Gasteiger partial charge on any atom is 0.262 e. The zero-order chi connectivity index (χ0) is 15.4. The number of hydrogen-bond acceptors (Lipinski definition) is 3. The van der Waals surface area contributed by atoms with E-state index in [1.807, 2.05) is 0 Å². The Morgan fingerprint density at radius 1 is 1.19 bits per heavy atom. The molecule has 0 aliphatic rings. The lowest BCUT2D eigenvalue weighted by atomic mass is 10.2. The van der Waals surface area contributed by atoms with Crippen LogP contribution in [0.25, 0.3) is 0 Å². The first kappa shape index (κ1) is 15.1. The average molecular weight is 313 g/mol. The molecule has 0 saturated heterocycles. The first-order valence-corrected chi connectivity index (χ1v) is 6.26. The zero-order valence-electron chi connectivity index (χ0n) is 10.7. The minimum Gasteiger partial charge on any atom is -0.484 e. The Morgan fingerprint density at radius 3 is 2.67 bits per heavy atom. The van der Waals surface area contributed by atoms with Crippen LogP contribution in [0.2, 0.25) is 5.02 Å². The van der Waals surface area contributed by atoms with Gasteiger partial charge in [-0.15, -0.1) is 0 Å². The fourth-order valence-corrected chi connectivity index (χ4v) is 1.66. The monoisotopic (exact) mass is 312 g/mol. The van der Waals surface area contributed by atoms with E-state index in [0.29, 0.717) is 5.69 Å². The summed E-state index contributed by atoms with van der Waals surface area (Å²) < 4.78 is 31.7. The van der Waals surface area contributed by atoms with Crippen molar-refractivity contribution in [3.8, 4) is 5.75 Å². The Balaban J connectivity index is 1.95. The summed E-state index contributed by atoms with van der Waals surface area (Å²) in [5.74, 6) is -1.73. The van der Waals surface area contributed by atoms with Crippen molar-refractivity contribution < 1.29 is 18.3 Å². The third-order valence-corrected chi connectivity index (χ3v) is 2.83. The second-order valence-electron chi connectivity index (χ2n) is 4.15. The van der Waals surface area contributed by atoms with Crippen LogP contribution in [-0.4, -0.2) is 12.5 Å². The summed E-state index contributed by atoms with van der Waals surface area (Å²) in [6.45, 7) is -0.407. The molecule has 0 aromatic heterocycles. The van der Waals surface area contributed by atoms with Crippen molar-refractivity contribution in [1.82, 2.24) is 0 Å². The van der Waals surface area contributed by atoms with Gasteiger partial charge in [-0.25, -0.2) is 8.78 Å². The fourth-order valence-electron chi connectivity index (χ4n) is 1.54. The summed E-state index contributed by atoms with van der Waals surface area (Å²) in [4.78, 5) is 11.6. The van der Waals surface area contributed by atoms with E-state index in [4.69, 9.17) is 22.1 Å². The van der Waals surface area contributed by atoms with Crippen molar-refractivity contribution in [1.29, 1.82) is 0 Å². The van der Waals surface area contributed by atoms with Gasteiger partial charge in [-0.3, -0.25) is 4.79 Å². The Morgan fingerprint density at radius 2 is 1.95 bits per heavy atom. The van der Waals surface area contributed by atoms with E-state index in [9.17, 15) is 13.6 Å². The molecule has 2 aromatic rings. The number of carbonyl (C=O) groups excluding carboxylic acids is 1. The second-order valence-corrected chi connectivity index (χ2v) is 4.56. The van der Waals surface area contributed by atoms with Gasteiger partial charge in [0.1, 0.15) is 17.4 Å². The molecule has 0 atom stereocenters. The molecule has 0 unspecified atom stereocenters. The van der Waals surface area contributed by atoms with Crippen LogP contribution in [0, 0.1) is 11.6 Å². The SMILES string of the molecule is Nc1ccc(F)c(NC(=O)COc2ccc(Cl)c(F)c2)c1. The van der Waals surface area contributed by atoms with E-state index in [0.717, 1.165) is 12.1 Å². The van der Waals surface area contributed by atoms with E-state index >= 15 is 0 Å². The Labute approximate surface area is 124 Å². The molecular formula is C14H11ClF2N2O2. The van der Waals surface area contributed by atoms with Gasteiger partial charge in [-0.2, -0.15) is 0 Å². The fraction of sp³-hybridized carbons (Fsp3) is 0.0714. The predicted molar refractivity (Wildman–Crippen MR) is 76.3 cm³/mol. The van der Waals surface area contributed by atoms with Gasteiger partial charge in [0.25, 0.3) is 5.91 Å². The summed E-state index contributed by atoms with van der Waals surface area (Å²) in [6.07, 6.45) is 0. The maximum absolute atomic E-state index is 13.4. The molecule has 0 aliphatic heterocycles. The topological polar surface area (TPSA) is 64.3 Å². The lowest BCUT2D eigenvalue weighted by Crippen LogP contribution is -2.21. The lowest BCUT2D eigenvalue weighted by molar-refractivity contribution is -0.118. The van der Waals surface area contributed by atoms with Crippen LogP contribution in [-0.2, 0) is 4.79 Å². The van der Waals surface area contributed by atoms with Crippen LogP contribution in [0.4, 0.5) is 20.2 Å². The Kier molecular flexibility index (Phi) is 4.59. The van der Waals surface area contributed by atoms with Crippen LogP contribution in [0.15, 0.2) is 36.4 Å². The van der Waals surface area contributed by atoms with Crippen molar-refractivity contribution in [2.45, 2.75) is 0 Å². The quantitative estimate of drug-likeness (QED) is 0.852.